The summed E-state index contributed by atoms with van der Waals surface area (Å²) in [7, 11) is 5.69. The predicted octanol–water partition coefficient (Wildman–Crippen LogP) is 6.12. The molecule has 0 bridgehead atoms. The highest BCUT2D eigenvalue weighted by atomic mass is 16.6. The summed E-state index contributed by atoms with van der Waals surface area (Å²) in [4.78, 5) is 41.3. The molecular weight excluding hydrogens is 536 g/mol. The quantitative estimate of drug-likeness (QED) is 0.180. The second kappa shape index (κ2) is 11.6. The average molecular weight is 577 g/mol. The van der Waals surface area contributed by atoms with Crippen LogP contribution in [0.25, 0.3) is 17.0 Å². The molecule has 4 rings (SSSR count). The van der Waals surface area contributed by atoms with E-state index in [4.69, 9.17) is 18.9 Å². The zero-order valence-corrected chi connectivity index (χ0v) is 25.9. The van der Waals surface area contributed by atoms with Crippen LogP contribution in [0.1, 0.15) is 63.9 Å². The maximum Gasteiger partial charge on any atom is 0.316 e. The van der Waals surface area contributed by atoms with Gasteiger partial charge in [0.15, 0.2) is 5.76 Å². The molecule has 1 aromatic heterocycles. The number of Topliss-reactive ketones (excluding diaryl/α,β-unsaturated/α-hetero) is 1. The molecule has 1 aliphatic rings. The maximum atomic E-state index is 13.7. The van der Waals surface area contributed by atoms with Crippen LogP contribution in [0.2, 0.25) is 0 Å². The molecule has 2 heterocycles. The lowest BCUT2D eigenvalue weighted by molar-refractivity contribution is -0.143. The molecule has 0 spiro atoms. The summed E-state index contributed by atoms with van der Waals surface area (Å²) in [5.74, 6) is -0.466. The minimum Gasteiger partial charge on any atom is -0.497 e. The SMILES string of the molecule is COc1ccc2c(c1)c(C=C1Oc3cc(OC(=O)C(C)(C)C)cc(OC(=O)C(C)(C)C)c3C1=O)cn2CCCN(C)C. The summed E-state index contributed by atoms with van der Waals surface area (Å²) in [5.41, 5.74) is 0.268. The number of carbonyl (C=O) groups excluding carboxylic acids is 3. The van der Waals surface area contributed by atoms with Crippen LogP contribution in [0, 0.1) is 10.8 Å². The second-order valence-electron chi connectivity index (χ2n) is 12.8. The molecule has 2 aromatic carbocycles. The molecule has 0 atom stereocenters. The van der Waals surface area contributed by atoms with Crippen molar-refractivity contribution in [2.75, 3.05) is 27.7 Å². The van der Waals surface area contributed by atoms with Gasteiger partial charge in [0.1, 0.15) is 28.6 Å². The molecule has 0 saturated carbocycles. The van der Waals surface area contributed by atoms with Gasteiger partial charge in [0.25, 0.3) is 0 Å². The van der Waals surface area contributed by atoms with Crippen molar-refractivity contribution >= 4 is 34.7 Å². The van der Waals surface area contributed by atoms with Crippen molar-refractivity contribution in [3.63, 3.8) is 0 Å². The smallest absolute Gasteiger partial charge is 0.316 e. The molecule has 0 radical (unpaired) electrons. The lowest BCUT2D eigenvalue weighted by Crippen LogP contribution is -2.27. The first-order chi connectivity index (χ1) is 19.6. The van der Waals surface area contributed by atoms with Gasteiger partial charge in [-0.3, -0.25) is 14.4 Å². The number of methoxy groups -OCH3 is 1. The Morgan fingerprint density at radius 2 is 1.62 bits per heavy atom. The first-order valence-corrected chi connectivity index (χ1v) is 14.0. The summed E-state index contributed by atoms with van der Waals surface area (Å²) in [6.07, 6.45) is 4.62. The van der Waals surface area contributed by atoms with Crippen molar-refractivity contribution in [3.05, 3.63) is 53.4 Å². The van der Waals surface area contributed by atoms with E-state index in [9.17, 15) is 14.4 Å². The van der Waals surface area contributed by atoms with Crippen LogP contribution in [-0.4, -0.2) is 54.9 Å². The van der Waals surface area contributed by atoms with E-state index in [0.29, 0.717) is 5.75 Å². The Morgan fingerprint density at radius 1 is 0.952 bits per heavy atom. The number of esters is 2. The zero-order chi connectivity index (χ0) is 31.0. The van der Waals surface area contributed by atoms with Gasteiger partial charge in [-0.05, 0) is 92.9 Å². The van der Waals surface area contributed by atoms with Crippen LogP contribution < -0.4 is 18.9 Å². The fraction of sp³-hybridized carbons (Fsp3) is 0.424. The third-order valence-electron chi connectivity index (χ3n) is 6.76. The van der Waals surface area contributed by atoms with Gasteiger partial charge in [-0.25, -0.2) is 0 Å². The number of ether oxygens (including phenoxy) is 4. The highest BCUT2D eigenvalue weighted by Gasteiger charge is 2.36. The van der Waals surface area contributed by atoms with E-state index in [0.717, 1.165) is 36.0 Å². The monoisotopic (exact) mass is 576 g/mol. The van der Waals surface area contributed by atoms with Crippen molar-refractivity contribution in [1.82, 2.24) is 9.47 Å². The molecule has 0 fully saturated rings. The zero-order valence-electron chi connectivity index (χ0n) is 25.9. The van der Waals surface area contributed by atoms with Gasteiger partial charge in [-0.1, -0.05) is 0 Å². The molecule has 3 aromatic rings. The van der Waals surface area contributed by atoms with Gasteiger partial charge in [0, 0.05) is 41.3 Å². The van der Waals surface area contributed by atoms with Crippen molar-refractivity contribution in [1.29, 1.82) is 0 Å². The third-order valence-corrected chi connectivity index (χ3v) is 6.76. The number of benzene rings is 2. The molecular formula is C33H40N2O7. The normalized spacial score (nSPS) is 14.3. The largest absolute Gasteiger partial charge is 0.497 e. The van der Waals surface area contributed by atoms with E-state index in [1.165, 1.54) is 12.1 Å². The van der Waals surface area contributed by atoms with Crippen molar-refractivity contribution in [3.8, 4) is 23.0 Å². The first kappa shape index (κ1) is 30.8. The standard InChI is InChI=1S/C33H40N2O7/c1-32(2,3)30(37)40-22-17-25-28(26(18-22)42-31(38)33(4,5)6)29(36)27(41-25)15-20-19-35(14-10-13-34(7)8)24-12-11-21(39-9)16-23(20)24/h11-12,15-19H,10,13-14H2,1-9H3. The Kier molecular flexibility index (Phi) is 8.55. The second-order valence-corrected chi connectivity index (χ2v) is 12.8. The van der Waals surface area contributed by atoms with Gasteiger partial charge in [0.2, 0.25) is 5.78 Å². The molecule has 0 aliphatic carbocycles. The molecule has 42 heavy (non-hydrogen) atoms. The number of hydrogen-bond acceptors (Lipinski definition) is 8. The number of ketones is 1. The van der Waals surface area contributed by atoms with Gasteiger partial charge in [0.05, 0.1) is 17.9 Å². The first-order valence-electron chi connectivity index (χ1n) is 14.0. The Hall–Kier alpha value is -4.11. The van der Waals surface area contributed by atoms with Crippen LogP contribution in [-0.2, 0) is 16.1 Å². The number of aromatic nitrogens is 1. The van der Waals surface area contributed by atoms with E-state index in [2.05, 4.69) is 9.47 Å². The van der Waals surface area contributed by atoms with Crippen LogP contribution in [0.5, 0.6) is 23.0 Å². The van der Waals surface area contributed by atoms with Gasteiger partial charge >= 0.3 is 11.9 Å². The highest BCUT2D eigenvalue weighted by molar-refractivity contribution is 6.17. The Morgan fingerprint density at radius 3 is 2.24 bits per heavy atom. The molecule has 9 heteroatoms. The van der Waals surface area contributed by atoms with Crippen LogP contribution in [0.3, 0.4) is 0 Å². The van der Waals surface area contributed by atoms with Crippen molar-refractivity contribution in [2.45, 2.75) is 54.5 Å². The number of allylic oxidation sites excluding steroid dienone is 1. The molecule has 0 amide bonds. The molecule has 1 aliphatic heterocycles. The Labute approximate surface area is 247 Å². The fourth-order valence-corrected chi connectivity index (χ4v) is 4.33. The van der Waals surface area contributed by atoms with Gasteiger partial charge < -0.3 is 28.4 Å². The lowest BCUT2D eigenvalue weighted by atomic mass is 9.97. The van der Waals surface area contributed by atoms with Crippen LogP contribution in [0.4, 0.5) is 0 Å². The number of rotatable bonds is 8. The topological polar surface area (TPSA) is 96.3 Å². The van der Waals surface area contributed by atoms with E-state index < -0.39 is 28.6 Å². The summed E-state index contributed by atoms with van der Waals surface area (Å²) >= 11 is 0. The predicted molar refractivity (Wildman–Crippen MR) is 161 cm³/mol. The molecule has 0 saturated heterocycles. The van der Waals surface area contributed by atoms with Crippen LogP contribution >= 0.6 is 0 Å². The summed E-state index contributed by atoms with van der Waals surface area (Å²) < 4.78 is 24.9. The lowest BCUT2D eigenvalue weighted by Gasteiger charge is -2.19. The van der Waals surface area contributed by atoms with Crippen LogP contribution in [0.15, 0.2) is 42.3 Å². The van der Waals surface area contributed by atoms with Gasteiger partial charge in [-0.15, -0.1) is 0 Å². The third kappa shape index (κ3) is 6.68. The average Bonchev–Trinajstić information content (AvgIpc) is 3.39. The van der Waals surface area contributed by atoms with Crippen molar-refractivity contribution in [2.24, 2.45) is 10.8 Å². The van der Waals surface area contributed by atoms with E-state index in [1.54, 1.807) is 54.7 Å². The molecule has 0 N–H and O–H groups in total. The van der Waals surface area contributed by atoms with Crippen molar-refractivity contribution < 1.29 is 33.3 Å². The molecule has 0 unspecified atom stereocenters. The Balaban J connectivity index is 1.77. The minimum atomic E-state index is -0.834. The van der Waals surface area contributed by atoms with Gasteiger partial charge in [-0.2, -0.15) is 0 Å². The van der Waals surface area contributed by atoms with E-state index in [-0.39, 0.29) is 28.6 Å². The fourth-order valence-electron chi connectivity index (χ4n) is 4.33. The van der Waals surface area contributed by atoms with E-state index in [1.807, 2.05) is 38.5 Å². The Bertz CT molecular complexity index is 1570. The summed E-state index contributed by atoms with van der Waals surface area (Å²) in [6, 6.07) is 8.69. The molecule has 224 valence electrons. The maximum absolute atomic E-state index is 13.7. The summed E-state index contributed by atoms with van der Waals surface area (Å²) in [5, 5.41) is 0.901. The van der Waals surface area contributed by atoms with E-state index >= 15 is 0 Å². The number of nitrogens with zero attached hydrogens (tertiary/aromatic N) is 2. The number of hydrogen-bond donors (Lipinski definition) is 0. The highest BCUT2D eigenvalue weighted by Crippen LogP contribution is 2.43. The number of aryl methyl sites for hydroxylation is 1. The summed E-state index contributed by atoms with van der Waals surface area (Å²) in [6.45, 7) is 12.1. The minimum absolute atomic E-state index is 0.0229. The number of fused-ring (bicyclic) bond motifs is 2. The number of carbonyl (C=O) groups is 3. The molecule has 9 nitrogen and oxygen atoms in total.